The molecule has 1 heterocycles. The van der Waals surface area contributed by atoms with Crippen LogP contribution in [0.2, 0.25) is 0 Å². The van der Waals surface area contributed by atoms with Crippen LogP contribution in [0, 0.1) is 5.92 Å². The fourth-order valence-electron chi connectivity index (χ4n) is 2.21. The smallest absolute Gasteiger partial charge is 0.235 e. The Morgan fingerprint density at radius 1 is 1.29 bits per heavy atom. The normalized spacial score (nSPS) is 13.6. The highest BCUT2D eigenvalue weighted by atomic mass is 32.2. The summed E-state index contributed by atoms with van der Waals surface area (Å²) in [6, 6.07) is 3.84. The van der Waals surface area contributed by atoms with Crippen molar-refractivity contribution in [3.63, 3.8) is 0 Å². The van der Waals surface area contributed by atoms with Crippen LogP contribution in [0.1, 0.15) is 51.5 Å². The van der Waals surface area contributed by atoms with Gasteiger partial charge >= 0.3 is 0 Å². The van der Waals surface area contributed by atoms with E-state index >= 15 is 0 Å². The zero-order valence-electron chi connectivity index (χ0n) is 13.1. The van der Waals surface area contributed by atoms with Crippen molar-refractivity contribution in [1.82, 2.24) is 5.32 Å². The van der Waals surface area contributed by atoms with Crippen molar-refractivity contribution in [2.75, 3.05) is 5.75 Å². The Hall–Kier alpha value is -0.880. The highest BCUT2D eigenvalue weighted by molar-refractivity contribution is 7.92. The summed E-state index contributed by atoms with van der Waals surface area (Å²) in [5.74, 6) is -0.532. The van der Waals surface area contributed by atoms with Crippen molar-refractivity contribution >= 4 is 27.1 Å². The summed E-state index contributed by atoms with van der Waals surface area (Å²) in [4.78, 5) is 13.2. The van der Waals surface area contributed by atoms with Gasteiger partial charge in [-0.15, -0.1) is 11.3 Å². The molecule has 1 unspecified atom stereocenters. The molecular formula is C15H25NO3S2. The second-order valence-corrected chi connectivity index (χ2v) is 9.03. The van der Waals surface area contributed by atoms with E-state index in [1.165, 1.54) is 0 Å². The molecule has 1 rings (SSSR count). The van der Waals surface area contributed by atoms with Gasteiger partial charge < -0.3 is 5.32 Å². The van der Waals surface area contributed by atoms with Crippen molar-refractivity contribution < 1.29 is 13.2 Å². The largest absolute Gasteiger partial charge is 0.347 e. The van der Waals surface area contributed by atoms with Crippen LogP contribution in [-0.2, 0) is 14.6 Å². The van der Waals surface area contributed by atoms with Crippen molar-refractivity contribution in [3.8, 4) is 0 Å². The maximum absolute atomic E-state index is 12.1. The third-order valence-electron chi connectivity index (χ3n) is 3.74. The molecule has 0 spiro atoms. The summed E-state index contributed by atoms with van der Waals surface area (Å²) in [6.07, 6.45) is 1.88. The molecule has 0 aliphatic rings. The van der Waals surface area contributed by atoms with Crippen molar-refractivity contribution in [3.05, 3.63) is 22.4 Å². The fraction of sp³-hybridized carbons (Fsp3) is 0.667. The molecule has 4 nitrogen and oxygen atoms in total. The van der Waals surface area contributed by atoms with Gasteiger partial charge in [-0.3, -0.25) is 4.79 Å². The van der Waals surface area contributed by atoms with E-state index < -0.39 is 26.7 Å². The zero-order valence-corrected chi connectivity index (χ0v) is 14.8. The second-order valence-electron chi connectivity index (χ2n) is 5.49. The summed E-state index contributed by atoms with van der Waals surface area (Å²) >= 11 is 1.59. The minimum atomic E-state index is -3.36. The van der Waals surface area contributed by atoms with Gasteiger partial charge in [0.15, 0.2) is 9.84 Å². The molecule has 0 radical (unpaired) electrons. The Bertz CT molecular complexity index is 531. The van der Waals surface area contributed by atoms with Gasteiger partial charge in [-0.1, -0.05) is 32.8 Å². The third kappa shape index (κ3) is 5.11. The minimum absolute atomic E-state index is 0.102. The molecule has 1 N–H and O–H groups in total. The first-order chi connectivity index (χ1) is 9.81. The number of rotatable bonds is 8. The van der Waals surface area contributed by atoms with E-state index in [0.717, 1.165) is 17.7 Å². The molecule has 0 bridgehead atoms. The summed E-state index contributed by atoms with van der Waals surface area (Å²) < 4.78 is 23.7. The average Bonchev–Trinajstić information content (AvgIpc) is 2.91. The number of sulfone groups is 1. The SMILES string of the molecule is CCC(CC)C(NC(=O)CS(=O)(=O)C(C)C)c1cccs1. The molecular weight excluding hydrogens is 306 g/mol. The molecule has 0 aliphatic heterocycles. The number of nitrogens with one attached hydrogen (secondary N) is 1. The highest BCUT2D eigenvalue weighted by Crippen LogP contribution is 2.30. The van der Waals surface area contributed by atoms with E-state index in [1.807, 2.05) is 17.5 Å². The molecule has 1 atom stereocenters. The molecule has 21 heavy (non-hydrogen) atoms. The number of thiophene rings is 1. The second kappa shape index (κ2) is 7.94. The maximum atomic E-state index is 12.1. The fourth-order valence-corrected chi connectivity index (χ4v) is 3.87. The molecule has 1 amide bonds. The van der Waals surface area contributed by atoms with Gasteiger partial charge in [0.1, 0.15) is 5.75 Å². The van der Waals surface area contributed by atoms with Crippen LogP contribution >= 0.6 is 11.3 Å². The number of hydrogen-bond donors (Lipinski definition) is 1. The van der Waals surface area contributed by atoms with Crippen LogP contribution in [0.5, 0.6) is 0 Å². The lowest BCUT2D eigenvalue weighted by atomic mass is 9.93. The quantitative estimate of drug-likeness (QED) is 0.796. The molecule has 1 aromatic heterocycles. The predicted octanol–water partition coefficient (Wildman–Crippen LogP) is 3.16. The van der Waals surface area contributed by atoms with E-state index in [2.05, 4.69) is 19.2 Å². The topological polar surface area (TPSA) is 63.2 Å². The number of carbonyl (C=O) groups excluding carboxylic acids is 1. The van der Waals surface area contributed by atoms with Crippen LogP contribution in [0.25, 0.3) is 0 Å². The van der Waals surface area contributed by atoms with Gasteiger partial charge in [0, 0.05) is 4.88 Å². The first-order valence-corrected chi connectivity index (χ1v) is 9.95. The number of hydrogen-bond acceptors (Lipinski definition) is 4. The number of amides is 1. The van der Waals surface area contributed by atoms with E-state index in [9.17, 15) is 13.2 Å². The average molecular weight is 332 g/mol. The Morgan fingerprint density at radius 2 is 1.90 bits per heavy atom. The molecule has 0 saturated heterocycles. The molecule has 1 aromatic rings. The van der Waals surface area contributed by atoms with Crippen molar-refractivity contribution in [1.29, 1.82) is 0 Å². The monoisotopic (exact) mass is 331 g/mol. The van der Waals surface area contributed by atoms with Crippen LogP contribution in [0.3, 0.4) is 0 Å². The Morgan fingerprint density at radius 3 is 2.33 bits per heavy atom. The Labute approximate surface area is 131 Å². The van der Waals surface area contributed by atoms with Gasteiger partial charge in [-0.05, 0) is 31.2 Å². The molecule has 0 fully saturated rings. The van der Waals surface area contributed by atoms with Gasteiger partial charge in [-0.25, -0.2) is 8.42 Å². The Balaban J connectivity index is 2.85. The third-order valence-corrected chi connectivity index (χ3v) is 6.79. The van der Waals surface area contributed by atoms with Gasteiger partial charge in [-0.2, -0.15) is 0 Å². The lowest BCUT2D eigenvalue weighted by molar-refractivity contribution is -0.119. The molecule has 0 aliphatic carbocycles. The Kier molecular flexibility index (Phi) is 6.87. The van der Waals surface area contributed by atoms with Crippen molar-refractivity contribution in [2.45, 2.75) is 51.8 Å². The van der Waals surface area contributed by atoms with Gasteiger partial charge in [0.25, 0.3) is 0 Å². The summed E-state index contributed by atoms with van der Waals surface area (Å²) in [7, 11) is -3.36. The van der Waals surface area contributed by atoms with E-state index in [0.29, 0.717) is 5.92 Å². The lowest BCUT2D eigenvalue weighted by Crippen LogP contribution is -2.38. The minimum Gasteiger partial charge on any atom is -0.347 e. The van der Waals surface area contributed by atoms with E-state index in [-0.39, 0.29) is 6.04 Å². The molecule has 0 saturated carbocycles. The summed E-state index contributed by atoms with van der Waals surface area (Å²) in [5.41, 5.74) is 0. The van der Waals surface area contributed by atoms with Crippen LogP contribution in [0.15, 0.2) is 17.5 Å². The summed E-state index contributed by atoms with van der Waals surface area (Å²) in [6.45, 7) is 7.37. The maximum Gasteiger partial charge on any atom is 0.235 e. The first kappa shape index (κ1) is 18.2. The molecule has 0 aromatic carbocycles. The van der Waals surface area contributed by atoms with Crippen LogP contribution in [0.4, 0.5) is 0 Å². The predicted molar refractivity (Wildman–Crippen MR) is 88.2 cm³/mol. The number of carbonyl (C=O) groups is 1. The van der Waals surface area contributed by atoms with Crippen LogP contribution in [-0.4, -0.2) is 25.3 Å². The molecule has 6 heteroatoms. The first-order valence-electron chi connectivity index (χ1n) is 7.36. The standard InChI is InChI=1S/C15H25NO3S2/c1-5-12(6-2)15(13-8-7-9-20-13)16-14(17)10-21(18,19)11(3)4/h7-9,11-12,15H,5-6,10H2,1-4H3,(H,16,17). The van der Waals surface area contributed by atoms with E-state index in [4.69, 9.17) is 0 Å². The highest BCUT2D eigenvalue weighted by Gasteiger charge is 2.26. The lowest BCUT2D eigenvalue weighted by Gasteiger charge is -2.25. The zero-order chi connectivity index (χ0) is 16.0. The van der Waals surface area contributed by atoms with Gasteiger partial charge in [0.2, 0.25) is 5.91 Å². The van der Waals surface area contributed by atoms with Gasteiger partial charge in [0.05, 0.1) is 11.3 Å². The molecule has 120 valence electrons. The van der Waals surface area contributed by atoms with Crippen LogP contribution < -0.4 is 5.32 Å². The van der Waals surface area contributed by atoms with Crippen molar-refractivity contribution in [2.24, 2.45) is 5.92 Å². The van der Waals surface area contributed by atoms with E-state index in [1.54, 1.807) is 25.2 Å². The summed E-state index contributed by atoms with van der Waals surface area (Å²) in [5, 5.41) is 4.37.